The summed E-state index contributed by atoms with van der Waals surface area (Å²) >= 11 is 3.55. The molecule has 39 heavy (non-hydrogen) atoms. The van der Waals surface area contributed by atoms with Gasteiger partial charge in [0.2, 0.25) is 5.91 Å². The SMILES string of the molecule is NC(=O)c1sc2nc(C(F)(F)F)cc(-c3ccco3)c2c1NC(=O)CCn1nc(C(F)(F)F)c(Br)c1C1CC1. The minimum atomic E-state index is -4.82. The van der Waals surface area contributed by atoms with Crippen LogP contribution in [-0.2, 0) is 23.7 Å². The molecule has 4 aromatic rings. The number of rotatable bonds is 7. The van der Waals surface area contributed by atoms with Gasteiger partial charge in [-0.15, -0.1) is 11.3 Å². The monoisotopic (exact) mass is 635 g/mol. The molecule has 8 nitrogen and oxygen atoms in total. The van der Waals surface area contributed by atoms with E-state index in [1.165, 1.54) is 18.4 Å². The third kappa shape index (κ3) is 5.26. The number of nitrogens with zero attached hydrogens (tertiary/aromatic N) is 3. The Kier molecular flexibility index (Phi) is 6.73. The smallest absolute Gasteiger partial charge is 0.436 e. The topological polar surface area (TPSA) is 116 Å². The molecule has 1 aliphatic carbocycles. The van der Waals surface area contributed by atoms with Gasteiger partial charge in [-0.2, -0.15) is 31.4 Å². The normalized spacial score (nSPS) is 14.2. The van der Waals surface area contributed by atoms with Crippen molar-refractivity contribution in [3.8, 4) is 11.3 Å². The van der Waals surface area contributed by atoms with Crippen molar-refractivity contribution in [2.45, 2.75) is 44.1 Å². The molecular formula is C23H16BrF6N5O3S. The molecular weight excluding hydrogens is 620 g/mol. The number of carbonyl (C=O) groups is 2. The average Bonchev–Trinajstić information content (AvgIpc) is 3.24. The van der Waals surface area contributed by atoms with Gasteiger partial charge >= 0.3 is 12.4 Å². The van der Waals surface area contributed by atoms with Crippen molar-refractivity contribution in [3.05, 3.63) is 50.9 Å². The van der Waals surface area contributed by atoms with Gasteiger partial charge in [0.1, 0.15) is 21.2 Å². The zero-order chi connectivity index (χ0) is 28.3. The molecule has 0 atom stereocenters. The number of pyridine rings is 1. The highest BCUT2D eigenvalue weighted by Crippen LogP contribution is 2.47. The molecule has 0 unspecified atom stereocenters. The highest BCUT2D eigenvalue weighted by molar-refractivity contribution is 9.10. The molecule has 0 radical (unpaired) electrons. The zero-order valence-corrected chi connectivity index (χ0v) is 21.8. The number of anilines is 1. The van der Waals surface area contributed by atoms with E-state index in [4.69, 9.17) is 10.2 Å². The Balaban J connectivity index is 1.50. The lowest BCUT2D eigenvalue weighted by molar-refractivity contribution is -0.142. The number of furan rings is 1. The predicted octanol–water partition coefficient (Wildman–Crippen LogP) is 6.56. The Hall–Kier alpha value is -3.40. The highest BCUT2D eigenvalue weighted by Gasteiger charge is 2.42. The van der Waals surface area contributed by atoms with E-state index in [0.29, 0.717) is 29.9 Å². The molecule has 206 valence electrons. The van der Waals surface area contributed by atoms with Gasteiger partial charge in [-0.05, 0) is 47.0 Å². The summed E-state index contributed by atoms with van der Waals surface area (Å²) in [5.41, 5.74) is 3.19. The summed E-state index contributed by atoms with van der Waals surface area (Å²) < 4.78 is 87.0. The van der Waals surface area contributed by atoms with Crippen LogP contribution in [0, 0.1) is 0 Å². The first-order chi connectivity index (χ1) is 18.3. The van der Waals surface area contributed by atoms with Gasteiger partial charge in [-0.1, -0.05) is 0 Å². The van der Waals surface area contributed by atoms with E-state index in [1.807, 2.05) is 0 Å². The Morgan fingerprint density at radius 1 is 1.21 bits per heavy atom. The maximum Gasteiger partial charge on any atom is 0.436 e. The molecule has 0 aromatic carbocycles. The van der Waals surface area contributed by atoms with Crippen molar-refractivity contribution in [1.82, 2.24) is 14.8 Å². The van der Waals surface area contributed by atoms with Gasteiger partial charge in [0, 0.05) is 23.3 Å². The van der Waals surface area contributed by atoms with E-state index in [9.17, 15) is 35.9 Å². The first-order valence-corrected chi connectivity index (χ1v) is 12.9. The molecule has 4 heterocycles. The summed E-state index contributed by atoms with van der Waals surface area (Å²) in [4.78, 5) is 28.3. The van der Waals surface area contributed by atoms with Crippen LogP contribution >= 0.6 is 27.3 Å². The van der Waals surface area contributed by atoms with Gasteiger partial charge in [-0.3, -0.25) is 14.3 Å². The summed E-state index contributed by atoms with van der Waals surface area (Å²) in [5.74, 6) is -1.86. The predicted molar refractivity (Wildman–Crippen MR) is 131 cm³/mol. The van der Waals surface area contributed by atoms with Gasteiger partial charge in [-0.25, -0.2) is 4.98 Å². The molecule has 1 fully saturated rings. The number of halogens is 7. The van der Waals surface area contributed by atoms with Crippen LogP contribution in [0.2, 0.25) is 0 Å². The van der Waals surface area contributed by atoms with Crippen LogP contribution < -0.4 is 11.1 Å². The number of thiophene rings is 1. The van der Waals surface area contributed by atoms with Crippen LogP contribution in [0.4, 0.5) is 32.0 Å². The standard InChI is InChI=1S/C23H16BrF6N5O3S/c24-15-17(9-3-4-9)35(34-19(15)23(28,29)30)6-5-13(36)33-16-14-10(11-2-1-7-38-11)8-12(22(25,26)27)32-21(14)39-18(16)20(31)37/h1-2,7-9H,3-6H2,(H2,31,37)(H,33,36). The van der Waals surface area contributed by atoms with Crippen molar-refractivity contribution >= 4 is 55.0 Å². The van der Waals surface area contributed by atoms with E-state index in [0.717, 1.165) is 10.7 Å². The first kappa shape index (κ1) is 27.2. The molecule has 0 saturated heterocycles. The molecule has 0 spiro atoms. The Bertz CT molecular complexity index is 1590. The number of primary amides is 1. The van der Waals surface area contributed by atoms with Gasteiger partial charge < -0.3 is 15.5 Å². The maximum atomic E-state index is 13.5. The molecule has 3 N–H and O–H groups in total. The fourth-order valence-corrected chi connectivity index (χ4v) is 5.96. The molecule has 2 amide bonds. The van der Waals surface area contributed by atoms with Crippen molar-refractivity contribution in [1.29, 1.82) is 0 Å². The fraction of sp³-hybridized carbons (Fsp3) is 0.304. The molecule has 5 rings (SSSR count). The van der Waals surface area contributed by atoms with Crippen molar-refractivity contribution in [2.75, 3.05) is 5.32 Å². The quantitative estimate of drug-likeness (QED) is 0.223. The zero-order valence-electron chi connectivity index (χ0n) is 19.4. The van der Waals surface area contributed by atoms with Gasteiger partial charge in [0.25, 0.3) is 5.91 Å². The van der Waals surface area contributed by atoms with Crippen LogP contribution in [0.25, 0.3) is 21.5 Å². The average molecular weight is 636 g/mol. The van der Waals surface area contributed by atoms with Crippen LogP contribution in [0.15, 0.2) is 33.4 Å². The third-order valence-corrected chi connectivity index (χ3v) is 7.82. The number of alkyl halides is 6. The van der Waals surface area contributed by atoms with Crippen LogP contribution in [0.5, 0.6) is 0 Å². The minimum absolute atomic E-state index is 0.00459. The summed E-state index contributed by atoms with van der Waals surface area (Å²) in [6.07, 6.45) is -7.28. The first-order valence-electron chi connectivity index (χ1n) is 11.3. The second kappa shape index (κ2) is 9.66. The highest BCUT2D eigenvalue weighted by atomic mass is 79.9. The van der Waals surface area contributed by atoms with Crippen molar-refractivity contribution in [2.24, 2.45) is 5.73 Å². The number of aryl methyl sites for hydroxylation is 1. The lowest BCUT2D eigenvalue weighted by Gasteiger charge is -2.11. The number of hydrogen-bond donors (Lipinski definition) is 2. The number of nitrogens with one attached hydrogen (secondary N) is 1. The Labute approximate surface area is 227 Å². The molecule has 0 aliphatic heterocycles. The van der Waals surface area contributed by atoms with Crippen molar-refractivity contribution in [3.63, 3.8) is 0 Å². The maximum absolute atomic E-state index is 13.5. The van der Waals surface area contributed by atoms with Gasteiger partial charge in [0.05, 0.1) is 28.7 Å². The van der Waals surface area contributed by atoms with Crippen LogP contribution in [-0.4, -0.2) is 26.6 Å². The Morgan fingerprint density at radius 2 is 1.92 bits per heavy atom. The Morgan fingerprint density at radius 3 is 2.49 bits per heavy atom. The summed E-state index contributed by atoms with van der Waals surface area (Å²) in [6, 6.07) is 3.58. The molecule has 1 saturated carbocycles. The largest absolute Gasteiger partial charge is 0.464 e. The van der Waals surface area contributed by atoms with E-state index in [-0.39, 0.29) is 55.5 Å². The molecule has 1 aliphatic rings. The number of hydrogen-bond acceptors (Lipinski definition) is 6. The van der Waals surface area contributed by atoms with E-state index in [1.54, 1.807) is 0 Å². The van der Waals surface area contributed by atoms with E-state index in [2.05, 4.69) is 31.3 Å². The van der Waals surface area contributed by atoms with Gasteiger partial charge in [0.15, 0.2) is 5.69 Å². The minimum Gasteiger partial charge on any atom is -0.464 e. The van der Waals surface area contributed by atoms with Crippen LogP contribution in [0.3, 0.4) is 0 Å². The summed E-state index contributed by atoms with van der Waals surface area (Å²) in [5, 5.41) is 6.15. The lowest BCUT2D eigenvalue weighted by Crippen LogP contribution is -2.19. The second-order valence-electron chi connectivity index (χ2n) is 8.72. The number of fused-ring (bicyclic) bond motifs is 1. The fourth-order valence-electron chi connectivity index (χ4n) is 4.12. The molecule has 0 bridgehead atoms. The summed E-state index contributed by atoms with van der Waals surface area (Å²) in [7, 11) is 0. The number of nitrogens with two attached hydrogens (primary N) is 1. The van der Waals surface area contributed by atoms with Crippen LogP contribution in [0.1, 0.15) is 51.9 Å². The summed E-state index contributed by atoms with van der Waals surface area (Å²) in [6.45, 7) is -0.220. The lowest BCUT2D eigenvalue weighted by atomic mass is 10.1. The van der Waals surface area contributed by atoms with E-state index < -0.39 is 35.6 Å². The molecule has 16 heteroatoms. The third-order valence-electron chi connectivity index (χ3n) is 5.94. The van der Waals surface area contributed by atoms with E-state index >= 15 is 0 Å². The van der Waals surface area contributed by atoms with Crippen molar-refractivity contribution < 1.29 is 40.3 Å². The number of carbonyl (C=O) groups excluding carboxylic acids is 2. The number of amides is 2. The second-order valence-corrected chi connectivity index (χ2v) is 10.5. The molecule has 4 aromatic heterocycles. The number of aromatic nitrogens is 3.